The van der Waals surface area contributed by atoms with E-state index >= 15 is 0 Å². The molecule has 1 aromatic heterocycles. The number of hydrogen-bond acceptors (Lipinski definition) is 5. The van der Waals surface area contributed by atoms with Crippen LogP contribution in [0.4, 0.5) is 0 Å². The fourth-order valence-electron chi connectivity index (χ4n) is 2.16. The van der Waals surface area contributed by atoms with Crippen molar-refractivity contribution >= 4 is 41.0 Å². The molecule has 1 N–H and O–H groups in total. The lowest BCUT2D eigenvalue weighted by Crippen LogP contribution is -2.19. The van der Waals surface area contributed by atoms with Crippen LogP contribution < -0.4 is 10.2 Å². The average Bonchev–Trinajstić information content (AvgIpc) is 3.16. The summed E-state index contributed by atoms with van der Waals surface area (Å²) in [5, 5.41) is 6.41. The minimum Gasteiger partial charge on any atom is -0.423 e. The van der Waals surface area contributed by atoms with Crippen LogP contribution in [-0.2, 0) is 11.2 Å². The summed E-state index contributed by atoms with van der Waals surface area (Å²) in [6.45, 7) is 0. The van der Waals surface area contributed by atoms with Gasteiger partial charge in [0.1, 0.15) is 5.75 Å². The molecule has 0 saturated carbocycles. The molecule has 0 saturated heterocycles. The lowest BCUT2D eigenvalue weighted by atomic mass is 10.2. The number of halogens is 1. The Morgan fingerprint density at radius 1 is 1.07 bits per heavy atom. The number of esters is 1. The fourth-order valence-corrected chi connectivity index (χ4v) is 2.99. The van der Waals surface area contributed by atoms with E-state index in [2.05, 4.69) is 10.5 Å². The van der Waals surface area contributed by atoms with Crippen molar-refractivity contribution in [2.24, 2.45) is 5.10 Å². The van der Waals surface area contributed by atoms with E-state index in [-0.39, 0.29) is 5.91 Å². The molecule has 0 unspecified atom stereocenters. The van der Waals surface area contributed by atoms with Crippen molar-refractivity contribution in [1.82, 2.24) is 5.43 Å². The summed E-state index contributed by atoms with van der Waals surface area (Å²) in [5.74, 6) is -0.232. The minimum absolute atomic E-state index is 0.179. The number of ether oxygens (including phenoxy) is 1. The maximum atomic E-state index is 12.0. The van der Waals surface area contributed by atoms with Crippen molar-refractivity contribution < 1.29 is 14.3 Å². The molecule has 1 amide bonds. The van der Waals surface area contributed by atoms with Crippen molar-refractivity contribution in [3.05, 3.63) is 87.1 Å². The highest BCUT2D eigenvalue weighted by Gasteiger charge is 2.08. The van der Waals surface area contributed by atoms with Crippen LogP contribution in [-0.4, -0.2) is 18.1 Å². The average molecular weight is 399 g/mol. The Morgan fingerprint density at radius 2 is 1.81 bits per heavy atom. The van der Waals surface area contributed by atoms with Gasteiger partial charge < -0.3 is 4.74 Å². The SMILES string of the molecule is O=C(Cc1cccs1)N/N=C/c1ccc(OC(=O)c2ccc(Cl)cc2)cc1. The van der Waals surface area contributed by atoms with E-state index in [1.807, 2.05) is 17.5 Å². The number of hydrazone groups is 1. The lowest BCUT2D eigenvalue weighted by molar-refractivity contribution is -0.120. The molecule has 0 atom stereocenters. The van der Waals surface area contributed by atoms with Crippen molar-refractivity contribution in [3.8, 4) is 5.75 Å². The number of rotatable bonds is 6. The van der Waals surface area contributed by atoms with Crippen LogP contribution in [0.15, 0.2) is 71.1 Å². The molecule has 0 aliphatic carbocycles. The molecule has 5 nitrogen and oxygen atoms in total. The Balaban J connectivity index is 1.51. The monoisotopic (exact) mass is 398 g/mol. The van der Waals surface area contributed by atoms with Gasteiger partial charge in [-0.25, -0.2) is 10.2 Å². The molecule has 0 aliphatic heterocycles. The first-order valence-corrected chi connectivity index (χ1v) is 9.28. The molecule has 0 spiro atoms. The van der Waals surface area contributed by atoms with E-state index < -0.39 is 5.97 Å². The predicted octanol–water partition coefficient (Wildman–Crippen LogP) is 4.31. The van der Waals surface area contributed by atoms with E-state index in [4.69, 9.17) is 16.3 Å². The van der Waals surface area contributed by atoms with Gasteiger partial charge in [-0.1, -0.05) is 17.7 Å². The summed E-state index contributed by atoms with van der Waals surface area (Å²) in [7, 11) is 0. The maximum Gasteiger partial charge on any atom is 0.343 e. The van der Waals surface area contributed by atoms with Crippen LogP contribution in [0.3, 0.4) is 0 Å². The minimum atomic E-state index is -0.464. The van der Waals surface area contributed by atoms with Crippen molar-refractivity contribution in [2.75, 3.05) is 0 Å². The molecule has 0 bridgehead atoms. The molecule has 0 aliphatic rings. The van der Waals surface area contributed by atoms with E-state index in [1.54, 1.807) is 48.5 Å². The molecule has 0 fully saturated rings. The number of amides is 1. The highest BCUT2D eigenvalue weighted by atomic mass is 35.5. The van der Waals surface area contributed by atoms with Gasteiger partial charge >= 0.3 is 5.97 Å². The van der Waals surface area contributed by atoms with E-state index in [0.717, 1.165) is 10.4 Å². The number of carbonyl (C=O) groups is 2. The predicted molar refractivity (Wildman–Crippen MR) is 107 cm³/mol. The Kier molecular flexibility index (Phi) is 6.35. The zero-order chi connectivity index (χ0) is 19.1. The van der Waals surface area contributed by atoms with Crippen LogP contribution in [0.1, 0.15) is 20.8 Å². The van der Waals surface area contributed by atoms with Gasteiger partial charge in [0.2, 0.25) is 5.91 Å². The largest absolute Gasteiger partial charge is 0.423 e. The van der Waals surface area contributed by atoms with Crippen LogP contribution in [0.25, 0.3) is 0 Å². The van der Waals surface area contributed by atoms with Gasteiger partial charge in [0.15, 0.2) is 0 Å². The molecular weight excluding hydrogens is 384 g/mol. The third kappa shape index (κ3) is 5.77. The molecule has 1 heterocycles. The summed E-state index contributed by atoms with van der Waals surface area (Å²) in [6.07, 6.45) is 1.83. The van der Waals surface area contributed by atoms with Gasteiger partial charge in [0.25, 0.3) is 0 Å². The summed E-state index contributed by atoms with van der Waals surface area (Å²) < 4.78 is 5.30. The zero-order valence-corrected chi connectivity index (χ0v) is 15.7. The third-order valence-corrected chi connectivity index (χ3v) is 4.62. The van der Waals surface area contributed by atoms with Crippen molar-refractivity contribution in [2.45, 2.75) is 6.42 Å². The van der Waals surface area contributed by atoms with Gasteiger partial charge in [-0.2, -0.15) is 5.10 Å². The molecular formula is C20H15ClN2O3S. The molecule has 2 aromatic carbocycles. The Labute approximate surface area is 165 Å². The van der Waals surface area contributed by atoms with Crippen LogP contribution in [0, 0.1) is 0 Å². The lowest BCUT2D eigenvalue weighted by Gasteiger charge is -2.04. The molecule has 27 heavy (non-hydrogen) atoms. The van der Waals surface area contributed by atoms with E-state index in [1.165, 1.54) is 17.6 Å². The normalized spacial score (nSPS) is 10.7. The Hall–Kier alpha value is -2.96. The molecule has 3 rings (SSSR count). The maximum absolute atomic E-state index is 12.0. The molecule has 7 heteroatoms. The summed E-state index contributed by atoms with van der Waals surface area (Å²) in [6, 6.07) is 17.0. The second-order valence-corrected chi connectivity index (χ2v) is 6.98. The van der Waals surface area contributed by atoms with Gasteiger partial charge in [-0.3, -0.25) is 4.79 Å². The van der Waals surface area contributed by atoms with Gasteiger partial charge in [-0.15, -0.1) is 11.3 Å². The summed E-state index contributed by atoms with van der Waals surface area (Å²) in [4.78, 5) is 24.8. The smallest absolute Gasteiger partial charge is 0.343 e. The first kappa shape index (κ1) is 18.8. The van der Waals surface area contributed by atoms with Crippen LogP contribution >= 0.6 is 22.9 Å². The summed E-state index contributed by atoms with van der Waals surface area (Å²) in [5.41, 5.74) is 3.66. The first-order valence-electron chi connectivity index (χ1n) is 8.02. The quantitative estimate of drug-likeness (QED) is 0.291. The second kappa shape index (κ2) is 9.12. The number of nitrogens with one attached hydrogen (secondary N) is 1. The van der Waals surface area contributed by atoms with Gasteiger partial charge in [-0.05, 0) is 65.5 Å². The van der Waals surface area contributed by atoms with Crippen LogP contribution in [0.5, 0.6) is 5.75 Å². The fraction of sp³-hybridized carbons (Fsp3) is 0.0500. The highest BCUT2D eigenvalue weighted by molar-refractivity contribution is 7.10. The molecule has 0 radical (unpaired) electrons. The number of nitrogens with zero attached hydrogens (tertiary/aromatic N) is 1. The molecule has 3 aromatic rings. The standard InChI is InChI=1S/C20H15ClN2O3S/c21-16-7-5-15(6-8-16)20(25)26-17-9-3-14(4-10-17)13-22-23-19(24)12-18-2-1-11-27-18/h1-11,13H,12H2,(H,23,24)/b22-13+. The number of benzene rings is 2. The van der Waals surface area contributed by atoms with Crippen LogP contribution in [0.2, 0.25) is 5.02 Å². The Bertz CT molecular complexity index is 936. The number of thiophene rings is 1. The second-order valence-electron chi connectivity index (χ2n) is 5.51. The first-order chi connectivity index (χ1) is 13.1. The topological polar surface area (TPSA) is 67.8 Å². The van der Waals surface area contributed by atoms with Crippen molar-refractivity contribution in [1.29, 1.82) is 0 Å². The number of carbonyl (C=O) groups excluding carboxylic acids is 2. The highest BCUT2D eigenvalue weighted by Crippen LogP contribution is 2.15. The third-order valence-electron chi connectivity index (χ3n) is 3.49. The zero-order valence-electron chi connectivity index (χ0n) is 14.1. The Morgan fingerprint density at radius 3 is 2.48 bits per heavy atom. The molecule has 136 valence electrons. The van der Waals surface area contributed by atoms with E-state index in [9.17, 15) is 9.59 Å². The van der Waals surface area contributed by atoms with Gasteiger partial charge in [0.05, 0.1) is 18.2 Å². The van der Waals surface area contributed by atoms with Gasteiger partial charge in [0, 0.05) is 9.90 Å². The number of hydrogen-bond donors (Lipinski definition) is 1. The summed E-state index contributed by atoms with van der Waals surface area (Å²) >= 11 is 7.33. The van der Waals surface area contributed by atoms with Crippen molar-refractivity contribution in [3.63, 3.8) is 0 Å². The van der Waals surface area contributed by atoms with E-state index in [0.29, 0.717) is 22.8 Å².